The number of alkyl halides is 2. The fraction of sp³-hybridized carbons (Fsp3) is 0.421. The molecule has 8 aromatic heterocycles. The molecule has 0 bridgehead atoms. The van der Waals surface area contributed by atoms with Crippen LogP contribution in [0.5, 0.6) is 29.0 Å². The summed E-state index contributed by atoms with van der Waals surface area (Å²) in [6.45, 7) is 36.1. The number of sulfone groups is 1. The van der Waals surface area contributed by atoms with Gasteiger partial charge in [0.2, 0.25) is 21.6 Å². The predicted octanol–water partition coefficient (Wildman–Crippen LogP) is 19.8. The van der Waals surface area contributed by atoms with Crippen molar-refractivity contribution in [2.75, 3.05) is 65.5 Å². The molecule has 5 aliphatic heterocycles. The molecule has 31 nitrogen and oxygen atoms in total. The third kappa shape index (κ3) is 25.8. The minimum absolute atomic E-state index is 0.00823. The zero-order chi connectivity index (χ0) is 106. The first-order chi connectivity index (χ1) is 68.7. The van der Waals surface area contributed by atoms with Gasteiger partial charge in [-0.2, -0.15) is 26.1 Å². The van der Waals surface area contributed by atoms with E-state index >= 15 is 0 Å². The Bertz CT molecular complexity index is 7180. The molecule has 6 aliphatic rings. The molecule has 3 unspecified atom stereocenters. The third-order valence-corrected chi connectivity index (χ3v) is 32.7. The number of halogens is 4. The van der Waals surface area contributed by atoms with Crippen LogP contribution in [-0.2, 0) is 52.9 Å². The first-order valence-corrected chi connectivity index (χ1v) is 55.1. The van der Waals surface area contributed by atoms with Crippen LogP contribution in [0, 0.1) is 35.4 Å². The Labute approximate surface area is 858 Å². The summed E-state index contributed by atoms with van der Waals surface area (Å²) in [6, 6.07) is 46.2. The van der Waals surface area contributed by atoms with E-state index in [0.717, 1.165) is 87.8 Å². The van der Waals surface area contributed by atoms with Crippen molar-refractivity contribution in [3.05, 3.63) is 251 Å². The van der Waals surface area contributed by atoms with Gasteiger partial charge >= 0.3 is 10.2 Å². The maximum atomic E-state index is 14.5. The van der Waals surface area contributed by atoms with E-state index in [-0.39, 0.29) is 83.6 Å². The summed E-state index contributed by atoms with van der Waals surface area (Å²) in [5, 5.41) is -1.52. The van der Waals surface area contributed by atoms with Gasteiger partial charge in [0.05, 0.1) is 63.7 Å². The lowest BCUT2D eigenvalue weighted by atomic mass is 9.91. The van der Waals surface area contributed by atoms with Crippen LogP contribution < -0.4 is 48.0 Å². The Morgan fingerprint density at radius 3 is 1.52 bits per heavy atom. The number of Topliss-reactive ketones (excluding diaryl/α,β-unsaturated/α-hetero) is 1. The van der Waals surface area contributed by atoms with Crippen molar-refractivity contribution in [3.8, 4) is 51.5 Å². The standard InChI is InChI=1S/C30H35N3O4S.C27H35F3N4O4S.C27H32N4O3S.C23H24ClN5O4S/c1-20-18-30(3,4)33(19-20)29-24(13-9-17-31-29)28(34)21(2)38(35,36)27-16-8-15-26(32-27)37-25-14-7-11-22-10-5-6-12-23(22)25;1-17(2)15-38-21-11-19(10-20(28)12-21)23-7-6-22(24(31-23)34-14-18(3)13-26(34,4)5)25(35)32-39(36,37)33-9-8-27(29,30)16-33;1-18(2)24-23(12-9-15-28-24)35(33,34)30-26(32)21-13-14-22(20-10-7-6-8-11-20)29-25(21)31-17-19(3)16-27(31,4)5;1-15-11-23(2,3)29(14-15)21-18(6-5-9-26-21)22(30)28-34(31,32)20-8-4-7-19(27-20)33-17-10-16(24)12-25-13-17/h7-9,11,13-17,20-21H,5-6,10,12,18-19H2,1-4H3;6-7,10-12,17-18H,8-9,13-16H2,1-5H3,(H,32,35);6-15,18-19H,16-17H2,1-5H3,(H,30,32);4-10,12-13,15H,11,14H2,1-3H3,(H,28,30)/t;18-;19-;/m.00./s1. The second-order valence-corrected chi connectivity index (χ2v) is 49.3. The van der Waals surface area contributed by atoms with Crippen LogP contribution >= 0.6 is 11.6 Å². The lowest BCUT2D eigenvalue weighted by Gasteiger charge is -2.34. The molecule has 39 heteroatoms. The molecule has 3 N–H and O–H groups in total. The fourth-order valence-corrected chi connectivity index (χ4v) is 24.8. The van der Waals surface area contributed by atoms with E-state index in [9.17, 15) is 66.0 Å². The fourth-order valence-electron chi connectivity index (χ4n) is 20.0. The lowest BCUT2D eigenvalue weighted by molar-refractivity contribution is 0.0182. The van der Waals surface area contributed by atoms with Crippen LogP contribution in [-0.4, -0.2) is 181 Å². The smallest absolute Gasteiger partial charge is 0.304 e. The maximum absolute atomic E-state index is 14.5. The van der Waals surface area contributed by atoms with E-state index < -0.39 is 106 Å². The summed E-state index contributed by atoms with van der Waals surface area (Å²) in [6.07, 6.45) is 14.9. The number of fused-ring (bicyclic) bond motifs is 1. The van der Waals surface area contributed by atoms with Gasteiger partial charge in [0.1, 0.15) is 56.5 Å². The number of aromatic nitrogens is 8. The quantitative estimate of drug-likeness (QED) is 0.0402. The van der Waals surface area contributed by atoms with Gasteiger partial charge in [-0.1, -0.05) is 122 Å². The number of benzene rings is 3. The van der Waals surface area contributed by atoms with Gasteiger partial charge < -0.3 is 33.8 Å². The van der Waals surface area contributed by atoms with E-state index in [4.69, 9.17) is 35.8 Å². The molecule has 0 radical (unpaired) electrons. The Balaban J connectivity index is 0.000000154. The van der Waals surface area contributed by atoms with Crippen LogP contribution in [0.2, 0.25) is 5.02 Å². The van der Waals surface area contributed by atoms with Crippen molar-refractivity contribution in [2.24, 2.45) is 29.6 Å². The number of hydrogen-bond acceptors (Lipinski definition) is 27. The Morgan fingerprint density at radius 1 is 0.486 bits per heavy atom. The molecule has 3 amide bonds. The normalized spacial score (nSPS) is 19.0. The van der Waals surface area contributed by atoms with Crippen LogP contribution in [0.1, 0.15) is 227 Å². The molecule has 13 heterocycles. The van der Waals surface area contributed by atoms with Gasteiger partial charge in [-0.3, -0.25) is 29.1 Å². The molecule has 0 spiro atoms. The van der Waals surface area contributed by atoms with Crippen molar-refractivity contribution in [1.82, 2.24) is 58.3 Å². The number of carbonyl (C=O) groups excluding carboxylic acids is 4. The van der Waals surface area contributed by atoms with Crippen molar-refractivity contribution in [3.63, 3.8) is 0 Å². The number of amides is 3. The number of nitrogens with zero attached hydrogens (tertiary/aromatic N) is 13. The zero-order valence-corrected chi connectivity index (χ0v) is 89.0. The molecule has 11 aromatic rings. The van der Waals surface area contributed by atoms with Gasteiger partial charge in [0.25, 0.3) is 43.7 Å². The summed E-state index contributed by atoms with van der Waals surface area (Å²) < 4.78 is 171. The van der Waals surface area contributed by atoms with E-state index in [1.54, 1.807) is 79.3 Å². The molecule has 5 atom stereocenters. The molecular formula is C107H126ClF3N16O15S4. The predicted molar refractivity (Wildman–Crippen MR) is 556 cm³/mol. The molecule has 0 saturated carbocycles. The lowest BCUT2D eigenvalue weighted by Crippen LogP contribution is -2.44. The van der Waals surface area contributed by atoms with E-state index in [0.29, 0.717) is 97.5 Å². The van der Waals surface area contributed by atoms with Gasteiger partial charge in [-0.15, -0.1) is 0 Å². The first-order valence-electron chi connectivity index (χ1n) is 48.8. The second kappa shape index (κ2) is 44.2. The SMILES string of the molecule is CC(C)COc1cc(F)cc(-c2ccc(C(=O)NS(=O)(=O)N3CCC(F)(F)C3)c(N3C[C@@H](C)CC3(C)C)n2)c1.CC(C)c1ncccc1S(=O)(=O)NC(=O)c1ccc(-c2ccccc2)nc1N1C[C@@H](C)CC1(C)C.CC1CN(c2ncccc2C(=O)C(C)S(=O)(=O)c2cccc(Oc3cccc4c3CCCC4)n2)C(C)(C)C1.CC1CN(c2ncccc2C(=O)NS(=O)(=O)c2cccc(Oc3cncc(Cl)c3)n2)C(C)(C)C1. The molecular weight excluding hydrogens is 1970 g/mol. The summed E-state index contributed by atoms with van der Waals surface area (Å²) in [4.78, 5) is 96.7. The van der Waals surface area contributed by atoms with E-state index in [2.05, 4.69) is 124 Å². The molecule has 146 heavy (non-hydrogen) atoms. The number of nitrogens with one attached hydrogen (secondary N) is 3. The molecule has 5 saturated heterocycles. The summed E-state index contributed by atoms with van der Waals surface area (Å²) in [5.74, 6) is -1.73. The zero-order valence-electron chi connectivity index (χ0n) is 85.0. The number of rotatable bonds is 27. The number of anilines is 4. The van der Waals surface area contributed by atoms with Gasteiger partial charge in [-0.05, 0) is 251 Å². The molecule has 776 valence electrons. The number of ether oxygens (including phenoxy) is 3. The summed E-state index contributed by atoms with van der Waals surface area (Å²) in [7, 11) is -17.0. The van der Waals surface area contributed by atoms with Crippen LogP contribution in [0.4, 0.5) is 36.4 Å². The topological polar surface area (TPSA) is 388 Å². The van der Waals surface area contributed by atoms with Gasteiger partial charge in [-0.25, -0.2) is 69.1 Å². The first kappa shape index (κ1) is 109. The average molecular weight is 2100 g/mol. The average Bonchev–Trinajstić information content (AvgIpc) is 1.57. The van der Waals surface area contributed by atoms with Gasteiger partial charge in [0, 0.05) is 121 Å². The minimum atomic E-state index is -4.50. The van der Waals surface area contributed by atoms with Crippen LogP contribution in [0.25, 0.3) is 22.5 Å². The molecule has 3 aromatic carbocycles. The van der Waals surface area contributed by atoms with Gasteiger partial charge in [0.15, 0.2) is 15.8 Å². The number of pyridine rings is 8. The third-order valence-electron chi connectivity index (χ3n) is 26.5. The van der Waals surface area contributed by atoms with Crippen LogP contribution in [0.15, 0.2) is 216 Å². The maximum Gasteiger partial charge on any atom is 0.304 e. The number of ketones is 1. The summed E-state index contributed by atoms with van der Waals surface area (Å²) in [5.41, 5.74) is 4.92. The van der Waals surface area contributed by atoms with E-state index in [1.807, 2.05) is 98.5 Å². The van der Waals surface area contributed by atoms with Crippen molar-refractivity contribution < 1.29 is 80.2 Å². The van der Waals surface area contributed by atoms with Crippen molar-refractivity contribution >= 4 is 98.5 Å². The Kier molecular flexibility index (Phi) is 33.0. The van der Waals surface area contributed by atoms with Crippen molar-refractivity contribution in [2.45, 2.75) is 230 Å². The largest absolute Gasteiger partial charge is 0.493 e. The minimum Gasteiger partial charge on any atom is -0.493 e. The van der Waals surface area contributed by atoms with Crippen molar-refractivity contribution in [1.29, 1.82) is 0 Å². The van der Waals surface area contributed by atoms with E-state index in [1.165, 1.54) is 85.5 Å². The highest BCUT2D eigenvalue weighted by Crippen LogP contribution is 2.45. The number of aryl methyl sites for hydroxylation is 1. The number of hydrogen-bond donors (Lipinski definition) is 3. The monoisotopic (exact) mass is 2090 g/mol. The highest BCUT2D eigenvalue weighted by molar-refractivity contribution is 7.92. The van der Waals surface area contributed by atoms with Crippen LogP contribution in [0.3, 0.4) is 0 Å². The molecule has 1 aliphatic carbocycles. The molecule has 5 fully saturated rings. The second-order valence-electron chi connectivity index (χ2n) is 41.7. The highest BCUT2D eigenvalue weighted by atomic mass is 35.5. The highest BCUT2D eigenvalue weighted by Gasteiger charge is 2.48. The Morgan fingerprint density at radius 2 is 0.979 bits per heavy atom. The summed E-state index contributed by atoms with van der Waals surface area (Å²) >= 11 is 5.90. The number of sulfonamides is 2. The Hall–Kier alpha value is -12.6. The number of carbonyl (C=O) groups is 4. The molecule has 17 rings (SSSR count).